The van der Waals surface area contributed by atoms with Crippen LogP contribution in [-0.2, 0) is 6.42 Å². The molecular weight excluding hydrogens is 212 g/mol. The number of rotatable bonds is 5. The predicted octanol–water partition coefficient (Wildman–Crippen LogP) is 2.62. The first-order chi connectivity index (χ1) is 8.19. The number of hydrogen-bond acceptors (Lipinski definition) is 2. The van der Waals surface area contributed by atoms with Crippen molar-refractivity contribution >= 4 is 5.91 Å². The van der Waals surface area contributed by atoms with Crippen LogP contribution in [0.4, 0.5) is 0 Å². The summed E-state index contributed by atoms with van der Waals surface area (Å²) in [7, 11) is 1.82. The molecule has 0 saturated heterocycles. The molecular formula is C14H18N2O. The van der Waals surface area contributed by atoms with Crippen molar-refractivity contribution in [2.75, 3.05) is 13.6 Å². The van der Waals surface area contributed by atoms with E-state index in [1.54, 1.807) is 17.0 Å². The molecule has 1 aromatic carbocycles. The van der Waals surface area contributed by atoms with E-state index in [1.165, 1.54) is 0 Å². The van der Waals surface area contributed by atoms with Gasteiger partial charge in [0.1, 0.15) is 0 Å². The molecule has 3 nitrogen and oxygen atoms in total. The van der Waals surface area contributed by atoms with E-state index in [1.807, 2.05) is 19.2 Å². The minimum Gasteiger partial charge on any atom is -0.342 e. The van der Waals surface area contributed by atoms with Crippen LogP contribution in [0.5, 0.6) is 0 Å². The van der Waals surface area contributed by atoms with Crippen LogP contribution in [0, 0.1) is 11.3 Å². The van der Waals surface area contributed by atoms with Crippen LogP contribution in [0.25, 0.3) is 0 Å². The summed E-state index contributed by atoms with van der Waals surface area (Å²) in [5.74, 6) is 0.0435. The Morgan fingerprint density at radius 3 is 2.53 bits per heavy atom. The summed E-state index contributed by atoms with van der Waals surface area (Å²) in [5, 5.41) is 8.56. The average Bonchev–Trinajstić information content (AvgIpc) is 2.36. The molecule has 90 valence electrons. The molecule has 0 heterocycles. The third kappa shape index (κ3) is 3.92. The number of hydrogen-bond donors (Lipinski definition) is 0. The molecule has 0 aliphatic heterocycles. The molecule has 0 N–H and O–H groups in total. The van der Waals surface area contributed by atoms with E-state index >= 15 is 0 Å². The summed E-state index contributed by atoms with van der Waals surface area (Å²) in [6.07, 6.45) is 2.49. The van der Waals surface area contributed by atoms with Crippen molar-refractivity contribution in [1.29, 1.82) is 5.26 Å². The second-order valence-electron chi connectivity index (χ2n) is 4.11. The Bertz CT molecular complexity index is 403. The maximum Gasteiger partial charge on any atom is 0.253 e. The molecule has 0 spiro atoms. The molecule has 1 amide bonds. The summed E-state index contributed by atoms with van der Waals surface area (Å²) in [4.78, 5) is 13.7. The van der Waals surface area contributed by atoms with E-state index in [4.69, 9.17) is 5.26 Å². The molecule has 0 aliphatic carbocycles. The minimum atomic E-state index is 0.0435. The number of carbonyl (C=O) groups is 1. The van der Waals surface area contributed by atoms with Crippen LogP contribution in [0.1, 0.15) is 35.7 Å². The van der Waals surface area contributed by atoms with Crippen molar-refractivity contribution in [1.82, 2.24) is 4.90 Å². The van der Waals surface area contributed by atoms with Gasteiger partial charge in [-0.15, -0.1) is 0 Å². The zero-order valence-electron chi connectivity index (χ0n) is 10.4. The summed E-state index contributed by atoms with van der Waals surface area (Å²) in [6, 6.07) is 9.34. The number of nitrogens with zero attached hydrogens (tertiary/aromatic N) is 2. The van der Waals surface area contributed by atoms with Crippen LogP contribution in [0.2, 0.25) is 0 Å². The van der Waals surface area contributed by atoms with E-state index in [2.05, 4.69) is 13.0 Å². The quantitative estimate of drug-likeness (QED) is 0.780. The average molecular weight is 230 g/mol. The molecule has 0 aromatic heterocycles. The Hall–Kier alpha value is -1.82. The molecule has 17 heavy (non-hydrogen) atoms. The highest BCUT2D eigenvalue weighted by atomic mass is 16.2. The van der Waals surface area contributed by atoms with Crippen LogP contribution < -0.4 is 0 Å². The lowest BCUT2D eigenvalue weighted by Crippen LogP contribution is -2.27. The normalized spacial score (nSPS) is 9.71. The van der Waals surface area contributed by atoms with Gasteiger partial charge < -0.3 is 4.90 Å². The lowest BCUT2D eigenvalue weighted by atomic mass is 10.1. The van der Waals surface area contributed by atoms with E-state index < -0.39 is 0 Å². The molecule has 0 unspecified atom stereocenters. The van der Waals surface area contributed by atoms with Gasteiger partial charge in [-0.1, -0.05) is 25.5 Å². The Morgan fingerprint density at radius 1 is 1.35 bits per heavy atom. The fraction of sp³-hybridized carbons (Fsp3) is 0.429. The SMILES string of the molecule is CCCCN(C)C(=O)c1ccc(CC#N)cc1. The molecule has 0 fully saturated rings. The van der Waals surface area contributed by atoms with Gasteiger partial charge in [-0.2, -0.15) is 5.26 Å². The first-order valence-corrected chi connectivity index (χ1v) is 5.90. The van der Waals surface area contributed by atoms with Gasteiger partial charge in [0.15, 0.2) is 0 Å². The van der Waals surface area contributed by atoms with E-state index in [-0.39, 0.29) is 5.91 Å². The van der Waals surface area contributed by atoms with Crippen LogP contribution in [0.3, 0.4) is 0 Å². The smallest absolute Gasteiger partial charge is 0.253 e. The largest absolute Gasteiger partial charge is 0.342 e. The van der Waals surface area contributed by atoms with Crippen molar-refractivity contribution in [2.24, 2.45) is 0 Å². The number of benzene rings is 1. The van der Waals surface area contributed by atoms with Gasteiger partial charge in [-0.3, -0.25) is 4.79 Å². The van der Waals surface area contributed by atoms with Gasteiger partial charge in [0.05, 0.1) is 12.5 Å². The Labute approximate surface area is 103 Å². The Morgan fingerprint density at radius 2 is 2.00 bits per heavy atom. The third-order valence-electron chi connectivity index (χ3n) is 2.68. The highest BCUT2D eigenvalue weighted by Gasteiger charge is 2.10. The lowest BCUT2D eigenvalue weighted by molar-refractivity contribution is 0.0793. The highest BCUT2D eigenvalue weighted by Crippen LogP contribution is 2.08. The number of carbonyl (C=O) groups excluding carboxylic acids is 1. The second kappa shape index (κ2) is 6.70. The van der Waals surface area contributed by atoms with Crippen molar-refractivity contribution in [3.05, 3.63) is 35.4 Å². The first-order valence-electron chi connectivity index (χ1n) is 5.90. The molecule has 0 saturated carbocycles. The third-order valence-corrected chi connectivity index (χ3v) is 2.68. The zero-order chi connectivity index (χ0) is 12.7. The molecule has 0 aliphatic rings. The monoisotopic (exact) mass is 230 g/mol. The van der Waals surface area contributed by atoms with Crippen LogP contribution >= 0.6 is 0 Å². The molecule has 0 bridgehead atoms. The fourth-order valence-electron chi connectivity index (χ4n) is 1.57. The van der Waals surface area contributed by atoms with Crippen molar-refractivity contribution in [3.8, 4) is 6.07 Å². The van der Waals surface area contributed by atoms with Gasteiger partial charge in [-0.25, -0.2) is 0 Å². The standard InChI is InChI=1S/C14H18N2O/c1-3-4-11-16(2)14(17)13-7-5-12(6-8-13)9-10-15/h5-8H,3-4,9,11H2,1-2H3. The number of nitriles is 1. The topological polar surface area (TPSA) is 44.1 Å². The van der Waals surface area contributed by atoms with Crippen LogP contribution in [-0.4, -0.2) is 24.4 Å². The van der Waals surface area contributed by atoms with E-state index in [0.717, 1.165) is 24.9 Å². The summed E-state index contributed by atoms with van der Waals surface area (Å²) < 4.78 is 0. The summed E-state index contributed by atoms with van der Waals surface area (Å²) in [5.41, 5.74) is 1.63. The maximum atomic E-state index is 12.0. The van der Waals surface area contributed by atoms with E-state index in [9.17, 15) is 4.79 Å². The fourth-order valence-corrected chi connectivity index (χ4v) is 1.57. The highest BCUT2D eigenvalue weighted by molar-refractivity contribution is 5.94. The van der Waals surface area contributed by atoms with Gasteiger partial charge in [0.2, 0.25) is 0 Å². The molecule has 1 aromatic rings. The van der Waals surface area contributed by atoms with Gasteiger partial charge in [0, 0.05) is 19.2 Å². The number of unbranched alkanes of at least 4 members (excludes halogenated alkanes) is 1. The molecule has 1 rings (SSSR count). The Balaban J connectivity index is 2.66. The molecule has 0 atom stereocenters. The van der Waals surface area contributed by atoms with Gasteiger partial charge >= 0.3 is 0 Å². The summed E-state index contributed by atoms with van der Waals surface area (Å²) in [6.45, 7) is 2.89. The molecule has 0 radical (unpaired) electrons. The second-order valence-corrected chi connectivity index (χ2v) is 4.11. The summed E-state index contributed by atoms with van der Waals surface area (Å²) >= 11 is 0. The minimum absolute atomic E-state index is 0.0435. The molecule has 3 heteroatoms. The maximum absolute atomic E-state index is 12.0. The van der Waals surface area contributed by atoms with Gasteiger partial charge in [0.25, 0.3) is 5.91 Å². The zero-order valence-corrected chi connectivity index (χ0v) is 10.4. The van der Waals surface area contributed by atoms with Crippen molar-refractivity contribution in [3.63, 3.8) is 0 Å². The van der Waals surface area contributed by atoms with E-state index in [0.29, 0.717) is 12.0 Å². The van der Waals surface area contributed by atoms with Gasteiger partial charge in [-0.05, 0) is 24.1 Å². The van der Waals surface area contributed by atoms with Crippen LogP contribution in [0.15, 0.2) is 24.3 Å². The van der Waals surface area contributed by atoms with Crippen molar-refractivity contribution < 1.29 is 4.79 Å². The number of amides is 1. The first kappa shape index (κ1) is 13.2. The predicted molar refractivity (Wildman–Crippen MR) is 67.6 cm³/mol. The van der Waals surface area contributed by atoms with Crippen molar-refractivity contribution in [2.45, 2.75) is 26.2 Å². The Kier molecular flexibility index (Phi) is 5.22. The lowest BCUT2D eigenvalue weighted by Gasteiger charge is -2.16.